The lowest BCUT2D eigenvalue weighted by molar-refractivity contribution is -0.123. The van der Waals surface area contributed by atoms with Crippen LogP contribution < -0.4 is 4.90 Å². The van der Waals surface area contributed by atoms with Crippen molar-refractivity contribution in [1.29, 1.82) is 0 Å². The molecule has 1 fully saturated rings. The SMILES string of the molecule is COC1CCN(c2cccc3c2CCN(C(=O)c2cccc(-c4cccc(Cl)c4F)n2)C3C(=O)Cc2ccc(C(=O)O)cc2)CC1. The van der Waals surface area contributed by atoms with Crippen molar-refractivity contribution in [3.63, 3.8) is 0 Å². The predicted molar refractivity (Wildman–Crippen MR) is 173 cm³/mol. The third kappa shape index (κ3) is 6.25. The molecule has 10 heteroatoms. The standard InChI is InChI=1S/C36H33ClFN3O5/c1-46-24-15-18-40(19-16-24)31-10-3-5-26-25(31)17-20-41(34(26)32(42)21-22-11-13-23(14-12-22)36(44)45)35(43)30-9-4-8-29(39-30)27-6-2-7-28(37)33(27)38/h2-14,24,34H,15-21H2,1H3,(H,44,45). The van der Waals surface area contributed by atoms with E-state index in [4.69, 9.17) is 16.3 Å². The molecule has 1 unspecified atom stereocenters. The number of carboxylic acid groups (broad SMARTS) is 1. The molecule has 2 aliphatic heterocycles. The average molecular weight is 642 g/mol. The Bertz CT molecular complexity index is 1790. The highest BCUT2D eigenvalue weighted by Gasteiger charge is 2.38. The highest BCUT2D eigenvalue weighted by atomic mass is 35.5. The maximum absolute atomic E-state index is 14.9. The van der Waals surface area contributed by atoms with Crippen molar-refractivity contribution in [2.24, 2.45) is 0 Å². The third-order valence-electron chi connectivity index (χ3n) is 8.85. The molecule has 1 atom stereocenters. The number of anilines is 1. The van der Waals surface area contributed by atoms with Crippen molar-refractivity contribution in [2.45, 2.75) is 37.8 Å². The summed E-state index contributed by atoms with van der Waals surface area (Å²) in [6, 6.07) is 20.6. The number of hydrogen-bond acceptors (Lipinski definition) is 6. The van der Waals surface area contributed by atoms with Crippen molar-refractivity contribution < 1.29 is 28.6 Å². The summed E-state index contributed by atoms with van der Waals surface area (Å²) >= 11 is 6.01. The molecule has 8 nitrogen and oxygen atoms in total. The number of benzene rings is 3. The van der Waals surface area contributed by atoms with Gasteiger partial charge in [-0.1, -0.05) is 48.0 Å². The number of pyridine rings is 1. The van der Waals surface area contributed by atoms with Gasteiger partial charge in [-0.05, 0) is 78.4 Å². The maximum atomic E-state index is 14.9. The zero-order chi connectivity index (χ0) is 32.4. The molecule has 1 saturated heterocycles. The minimum atomic E-state index is -1.05. The van der Waals surface area contributed by atoms with Gasteiger partial charge in [0.1, 0.15) is 11.7 Å². The normalized spacial score (nSPS) is 16.6. The van der Waals surface area contributed by atoms with E-state index >= 15 is 0 Å². The Balaban J connectivity index is 1.36. The Labute approximate surface area is 271 Å². The van der Waals surface area contributed by atoms with Crippen LogP contribution in [0.1, 0.15) is 56.4 Å². The average Bonchev–Trinajstić information content (AvgIpc) is 3.08. The quantitative estimate of drug-likeness (QED) is 0.237. The van der Waals surface area contributed by atoms with Crippen molar-refractivity contribution in [1.82, 2.24) is 9.88 Å². The molecule has 0 bridgehead atoms. The minimum absolute atomic E-state index is 0.00155. The van der Waals surface area contributed by atoms with E-state index in [1.54, 1.807) is 54.5 Å². The minimum Gasteiger partial charge on any atom is -0.478 e. The summed E-state index contributed by atoms with van der Waals surface area (Å²) < 4.78 is 20.4. The highest BCUT2D eigenvalue weighted by molar-refractivity contribution is 6.31. The summed E-state index contributed by atoms with van der Waals surface area (Å²) in [7, 11) is 1.73. The lowest BCUT2D eigenvalue weighted by Gasteiger charge is -2.40. The number of rotatable bonds is 8. The fourth-order valence-corrected chi connectivity index (χ4v) is 6.63. The number of Topliss-reactive ketones (excluding diaryl/α,β-unsaturated/α-hetero) is 1. The van der Waals surface area contributed by atoms with Gasteiger partial charge < -0.3 is 19.6 Å². The number of hydrogen-bond donors (Lipinski definition) is 1. The van der Waals surface area contributed by atoms with Crippen LogP contribution in [0.15, 0.2) is 78.9 Å². The molecule has 2 aliphatic rings. The fraction of sp³-hybridized carbons (Fsp3) is 0.278. The van der Waals surface area contributed by atoms with Crippen LogP contribution in [0.5, 0.6) is 0 Å². The van der Waals surface area contributed by atoms with E-state index in [-0.39, 0.29) is 52.4 Å². The number of piperidine rings is 1. The molecule has 0 saturated carbocycles. The summed E-state index contributed by atoms with van der Waals surface area (Å²) in [5.74, 6) is -2.33. The molecule has 4 aromatic rings. The first-order valence-corrected chi connectivity index (χ1v) is 15.6. The molecule has 3 aromatic carbocycles. The zero-order valence-corrected chi connectivity index (χ0v) is 26.0. The van der Waals surface area contributed by atoms with Gasteiger partial charge in [-0.2, -0.15) is 0 Å². The van der Waals surface area contributed by atoms with Crippen molar-refractivity contribution in [2.75, 3.05) is 31.6 Å². The monoisotopic (exact) mass is 641 g/mol. The van der Waals surface area contributed by atoms with E-state index in [0.29, 0.717) is 12.0 Å². The lowest BCUT2D eigenvalue weighted by Crippen LogP contribution is -2.45. The van der Waals surface area contributed by atoms with Crippen LogP contribution in [-0.2, 0) is 22.4 Å². The number of ketones is 1. The first kappa shape index (κ1) is 31.4. The van der Waals surface area contributed by atoms with Crippen molar-refractivity contribution in [3.8, 4) is 11.3 Å². The molecule has 0 aliphatic carbocycles. The van der Waals surface area contributed by atoms with E-state index in [0.717, 1.165) is 42.7 Å². The van der Waals surface area contributed by atoms with Gasteiger partial charge in [0.2, 0.25) is 0 Å². The first-order valence-electron chi connectivity index (χ1n) is 15.2. The zero-order valence-electron chi connectivity index (χ0n) is 25.3. The molecule has 1 aromatic heterocycles. The van der Waals surface area contributed by atoms with Gasteiger partial charge in [0.15, 0.2) is 11.6 Å². The number of carbonyl (C=O) groups excluding carboxylic acids is 2. The number of amides is 1. The van der Waals surface area contributed by atoms with E-state index in [1.165, 1.54) is 18.2 Å². The van der Waals surface area contributed by atoms with E-state index in [1.807, 2.05) is 12.1 Å². The molecule has 46 heavy (non-hydrogen) atoms. The maximum Gasteiger partial charge on any atom is 0.335 e. The second-order valence-corrected chi connectivity index (χ2v) is 12.0. The van der Waals surface area contributed by atoms with Crippen LogP contribution in [0.4, 0.5) is 10.1 Å². The van der Waals surface area contributed by atoms with Crippen molar-refractivity contribution >= 4 is 34.9 Å². The lowest BCUT2D eigenvalue weighted by atomic mass is 9.86. The second kappa shape index (κ2) is 13.4. The number of halogens is 2. The van der Waals surface area contributed by atoms with Crippen LogP contribution in [0.3, 0.4) is 0 Å². The van der Waals surface area contributed by atoms with Crippen LogP contribution in [0.25, 0.3) is 11.3 Å². The molecule has 1 amide bonds. The smallest absolute Gasteiger partial charge is 0.335 e. The number of carbonyl (C=O) groups is 3. The topological polar surface area (TPSA) is 100 Å². The van der Waals surface area contributed by atoms with Crippen LogP contribution in [-0.4, -0.2) is 65.5 Å². The Morgan fingerprint density at radius 3 is 2.39 bits per heavy atom. The van der Waals surface area contributed by atoms with Crippen LogP contribution in [0, 0.1) is 5.82 Å². The van der Waals surface area contributed by atoms with Gasteiger partial charge in [-0.15, -0.1) is 0 Å². The molecule has 1 N–H and O–H groups in total. The Morgan fingerprint density at radius 1 is 0.957 bits per heavy atom. The molecule has 6 rings (SSSR count). The van der Waals surface area contributed by atoms with Gasteiger partial charge in [-0.3, -0.25) is 9.59 Å². The largest absolute Gasteiger partial charge is 0.478 e. The number of fused-ring (bicyclic) bond motifs is 1. The van der Waals surface area contributed by atoms with Gasteiger partial charge in [0, 0.05) is 44.4 Å². The van der Waals surface area contributed by atoms with E-state index in [2.05, 4.69) is 16.0 Å². The number of ether oxygens (including phenoxy) is 1. The predicted octanol–water partition coefficient (Wildman–Crippen LogP) is 6.41. The van der Waals surface area contributed by atoms with Gasteiger partial charge in [0.05, 0.1) is 22.4 Å². The highest BCUT2D eigenvalue weighted by Crippen LogP contribution is 2.38. The van der Waals surface area contributed by atoms with Gasteiger partial charge in [0.25, 0.3) is 5.91 Å². The van der Waals surface area contributed by atoms with Gasteiger partial charge >= 0.3 is 5.97 Å². The fourth-order valence-electron chi connectivity index (χ4n) is 6.46. The molecule has 0 spiro atoms. The summed E-state index contributed by atoms with van der Waals surface area (Å²) in [6.45, 7) is 1.93. The molecule has 3 heterocycles. The third-order valence-corrected chi connectivity index (χ3v) is 9.15. The number of nitrogens with zero attached hydrogens (tertiary/aromatic N) is 3. The van der Waals surface area contributed by atoms with E-state index < -0.39 is 23.7 Å². The van der Waals surface area contributed by atoms with Crippen molar-refractivity contribution in [3.05, 3.63) is 118 Å². The number of methoxy groups -OCH3 is 1. The van der Waals surface area contributed by atoms with E-state index in [9.17, 15) is 23.9 Å². The second-order valence-electron chi connectivity index (χ2n) is 11.6. The Morgan fingerprint density at radius 2 is 1.67 bits per heavy atom. The number of aromatic nitrogens is 1. The Kier molecular flexibility index (Phi) is 9.15. The molecule has 236 valence electrons. The first-order chi connectivity index (χ1) is 22.2. The number of aromatic carboxylic acids is 1. The molecule has 0 radical (unpaired) electrons. The van der Waals surface area contributed by atoms with Crippen LogP contribution >= 0.6 is 11.6 Å². The molecular formula is C36H33ClFN3O5. The van der Waals surface area contributed by atoms with Crippen LogP contribution in [0.2, 0.25) is 5.02 Å². The summed E-state index contributed by atoms with van der Waals surface area (Å²) in [4.78, 5) is 48.1. The molecular weight excluding hydrogens is 609 g/mol. The van der Waals surface area contributed by atoms with Gasteiger partial charge in [-0.25, -0.2) is 14.2 Å². The summed E-state index contributed by atoms with van der Waals surface area (Å²) in [5, 5.41) is 9.25. The number of carboxylic acids is 1. The summed E-state index contributed by atoms with van der Waals surface area (Å²) in [6.07, 6.45) is 2.55. The Hall–Kier alpha value is -4.60. The summed E-state index contributed by atoms with van der Waals surface area (Å²) in [5.41, 5.74) is 4.13.